The Bertz CT molecular complexity index is 398. The second-order valence-electron chi connectivity index (χ2n) is 4.35. The van der Waals surface area contributed by atoms with Crippen LogP contribution in [0.1, 0.15) is 19.4 Å². The predicted molar refractivity (Wildman–Crippen MR) is 80.3 cm³/mol. The lowest BCUT2D eigenvalue weighted by molar-refractivity contribution is 0.231. The molecule has 0 saturated carbocycles. The van der Waals surface area contributed by atoms with Crippen LogP contribution in [0.25, 0.3) is 0 Å². The van der Waals surface area contributed by atoms with Crippen molar-refractivity contribution in [3.05, 3.63) is 29.8 Å². The third-order valence-electron chi connectivity index (χ3n) is 2.92. The van der Waals surface area contributed by atoms with Crippen LogP contribution in [0, 0.1) is 12.3 Å². The van der Waals surface area contributed by atoms with Crippen LogP contribution >= 0.6 is 0 Å². The van der Waals surface area contributed by atoms with Gasteiger partial charge in [0.15, 0.2) is 0 Å². The smallest absolute Gasteiger partial charge is 0.119 e. The molecule has 0 spiro atoms. The van der Waals surface area contributed by atoms with Crippen LogP contribution < -0.4 is 10.1 Å². The first-order valence-corrected chi connectivity index (χ1v) is 6.88. The molecule has 0 bridgehead atoms. The first-order valence-electron chi connectivity index (χ1n) is 6.88. The lowest BCUT2D eigenvalue weighted by Gasteiger charge is -2.17. The first-order chi connectivity index (χ1) is 9.30. The van der Waals surface area contributed by atoms with E-state index in [0.717, 1.165) is 31.9 Å². The SMILES string of the molecule is C#CCN(CC)CCOc1cccc(CNCC)c1. The van der Waals surface area contributed by atoms with Gasteiger partial charge in [-0.05, 0) is 30.8 Å². The number of nitrogens with one attached hydrogen (secondary N) is 1. The lowest BCUT2D eigenvalue weighted by Crippen LogP contribution is -2.28. The van der Waals surface area contributed by atoms with Gasteiger partial charge in [-0.15, -0.1) is 6.42 Å². The van der Waals surface area contributed by atoms with Crippen LogP contribution in [-0.2, 0) is 6.54 Å². The number of nitrogens with zero attached hydrogens (tertiary/aromatic N) is 1. The third kappa shape index (κ3) is 6.28. The van der Waals surface area contributed by atoms with Gasteiger partial charge in [0.2, 0.25) is 0 Å². The Balaban J connectivity index is 2.38. The van der Waals surface area contributed by atoms with Gasteiger partial charge in [0.05, 0.1) is 6.54 Å². The van der Waals surface area contributed by atoms with Crippen molar-refractivity contribution in [1.82, 2.24) is 10.2 Å². The van der Waals surface area contributed by atoms with Crippen molar-refractivity contribution in [2.24, 2.45) is 0 Å². The second kappa shape index (κ2) is 9.43. The van der Waals surface area contributed by atoms with Gasteiger partial charge < -0.3 is 10.1 Å². The predicted octanol–water partition coefficient (Wildman–Crippen LogP) is 2.13. The third-order valence-corrected chi connectivity index (χ3v) is 2.92. The zero-order chi connectivity index (χ0) is 13.9. The first kappa shape index (κ1) is 15.6. The molecule has 0 aromatic heterocycles. The van der Waals surface area contributed by atoms with E-state index in [-0.39, 0.29) is 0 Å². The summed E-state index contributed by atoms with van der Waals surface area (Å²) in [5.74, 6) is 3.59. The van der Waals surface area contributed by atoms with E-state index in [2.05, 4.69) is 42.1 Å². The normalized spacial score (nSPS) is 10.4. The Morgan fingerprint density at radius 1 is 1.37 bits per heavy atom. The number of ether oxygens (including phenoxy) is 1. The standard InChI is InChI=1S/C16H24N2O/c1-4-10-18(6-3)11-12-19-16-9-7-8-15(13-16)14-17-5-2/h1,7-9,13,17H,5-6,10-12,14H2,2-3H3. The molecule has 0 unspecified atom stereocenters. The van der Waals surface area contributed by atoms with E-state index >= 15 is 0 Å². The highest BCUT2D eigenvalue weighted by atomic mass is 16.5. The number of rotatable bonds is 9. The monoisotopic (exact) mass is 260 g/mol. The van der Waals surface area contributed by atoms with Crippen molar-refractivity contribution in [2.75, 3.05) is 32.8 Å². The Morgan fingerprint density at radius 3 is 2.89 bits per heavy atom. The summed E-state index contributed by atoms with van der Waals surface area (Å²) in [6, 6.07) is 8.21. The minimum absolute atomic E-state index is 0.667. The van der Waals surface area contributed by atoms with Crippen LogP contribution in [-0.4, -0.2) is 37.7 Å². The summed E-state index contributed by atoms with van der Waals surface area (Å²) in [6.07, 6.45) is 5.31. The highest BCUT2D eigenvalue weighted by molar-refractivity contribution is 5.28. The molecule has 0 aliphatic rings. The Kier molecular flexibility index (Phi) is 7.72. The summed E-state index contributed by atoms with van der Waals surface area (Å²) in [4.78, 5) is 2.18. The fraction of sp³-hybridized carbons (Fsp3) is 0.500. The van der Waals surface area contributed by atoms with E-state index in [4.69, 9.17) is 11.2 Å². The number of hydrogen-bond acceptors (Lipinski definition) is 3. The summed E-state index contributed by atoms with van der Waals surface area (Å²) < 4.78 is 5.77. The summed E-state index contributed by atoms with van der Waals surface area (Å²) >= 11 is 0. The highest BCUT2D eigenvalue weighted by Crippen LogP contribution is 2.13. The molecule has 104 valence electrons. The van der Waals surface area contributed by atoms with Gasteiger partial charge in [0.25, 0.3) is 0 Å². The molecule has 3 nitrogen and oxygen atoms in total. The molecule has 1 N–H and O–H groups in total. The minimum Gasteiger partial charge on any atom is -0.492 e. The second-order valence-corrected chi connectivity index (χ2v) is 4.35. The van der Waals surface area contributed by atoms with E-state index < -0.39 is 0 Å². The number of hydrogen-bond donors (Lipinski definition) is 1. The summed E-state index contributed by atoms with van der Waals surface area (Å²) in [7, 11) is 0. The van der Waals surface area contributed by atoms with Crippen molar-refractivity contribution < 1.29 is 4.74 Å². The minimum atomic E-state index is 0.667. The van der Waals surface area contributed by atoms with Crippen LogP contribution in [0.15, 0.2) is 24.3 Å². The number of likely N-dealkylation sites (N-methyl/N-ethyl adjacent to an activating group) is 1. The maximum atomic E-state index is 5.77. The van der Waals surface area contributed by atoms with Crippen molar-refractivity contribution in [3.63, 3.8) is 0 Å². The summed E-state index contributed by atoms with van der Waals surface area (Å²) in [5.41, 5.74) is 1.25. The molecule has 19 heavy (non-hydrogen) atoms. The molecule has 0 radical (unpaired) electrons. The lowest BCUT2D eigenvalue weighted by atomic mass is 10.2. The molecule has 0 atom stereocenters. The molecule has 0 saturated heterocycles. The fourth-order valence-electron chi connectivity index (χ4n) is 1.79. The molecular weight excluding hydrogens is 236 g/mol. The quantitative estimate of drug-likeness (QED) is 0.688. The van der Waals surface area contributed by atoms with Crippen molar-refractivity contribution >= 4 is 0 Å². The van der Waals surface area contributed by atoms with Crippen LogP contribution in [0.2, 0.25) is 0 Å². The van der Waals surface area contributed by atoms with Gasteiger partial charge >= 0.3 is 0 Å². The zero-order valence-electron chi connectivity index (χ0n) is 12.0. The number of terminal acetylenes is 1. The highest BCUT2D eigenvalue weighted by Gasteiger charge is 2.01. The molecule has 0 fully saturated rings. The van der Waals surface area contributed by atoms with Gasteiger partial charge in [-0.2, -0.15) is 0 Å². The molecular formula is C16H24N2O. The summed E-state index contributed by atoms with van der Waals surface area (Å²) in [5, 5.41) is 3.31. The van der Waals surface area contributed by atoms with Crippen molar-refractivity contribution in [2.45, 2.75) is 20.4 Å². The fourth-order valence-corrected chi connectivity index (χ4v) is 1.79. The molecule has 0 amide bonds. The van der Waals surface area contributed by atoms with E-state index in [1.54, 1.807) is 0 Å². The molecule has 1 aromatic rings. The Morgan fingerprint density at radius 2 is 2.21 bits per heavy atom. The molecule has 0 aliphatic carbocycles. The van der Waals surface area contributed by atoms with E-state index in [9.17, 15) is 0 Å². The van der Waals surface area contributed by atoms with E-state index in [1.165, 1.54) is 5.56 Å². The average Bonchev–Trinajstić information content (AvgIpc) is 2.44. The van der Waals surface area contributed by atoms with Crippen LogP contribution in [0.3, 0.4) is 0 Å². The van der Waals surface area contributed by atoms with E-state index in [0.29, 0.717) is 13.2 Å². The number of benzene rings is 1. The largest absolute Gasteiger partial charge is 0.492 e. The molecule has 0 heterocycles. The van der Waals surface area contributed by atoms with Gasteiger partial charge in [0.1, 0.15) is 12.4 Å². The molecule has 3 heteroatoms. The average molecular weight is 260 g/mol. The zero-order valence-corrected chi connectivity index (χ0v) is 12.0. The van der Waals surface area contributed by atoms with Crippen molar-refractivity contribution in [1.29, 1.82) is 0 Å². The van der Waals surface area contributed by atoms with Gasteiger partial charge in [-0.1, -0.05) is 31.9 Å². The van der Waals surface area contributed by atoms with Crippen LogP contribution in [0.4, 0.5) is 0 Å². The molecule has 1 aromatic carbocycles. The van der Waals surface area contributed by atoms with Crippen LogP contribution in [0.5, 0.6) is 5.75 Å². The Labute approximate surface area is 117 Å². The maximum absolute atomic E-state index is 5.77. The molecule has 1 rings (SSSR count). The van der Waals surface area contributed by atoms with Crippen molar-refractivity contribution in [3.8, 4) is 18.1 Å². The van der Waals surface area contributed by atoms with Gasteiger partial charge in [-0.3, -0.25) is 4.90 Å². The van der Waals surface area contributed by atoms with E-state index in [1.807, 2.05) is 12.1 Å². The maximum Gasteiger partial charge on any atom is 0.119 e. The molecule has 0 aliphatic heterocycles. The van der Waals surface area contributed by atoms with Gasteiger partial charge in [0, 0.05) is 13.1 Å². The topological polar surface area (TPSA) is 24.5 Å². The van der Waals surface area contributed by atoms with Gasteiger partial charge in [-0.25, -0.2) is 0 Å². The Hall–Kier alpha value is -1.50. The summed E-state index contributed by atoms with van der Waals surface area (Å²) in [6.45, 7) is 9.22.